The number of nitrogens with one attached hydrogen (secondary N) is 1. The minimum atomic E-state index is -0.0950. The monoisotopic (exact) mass is 228 g/mol. The van der Waals surface area contributed by atoms with Gasteiger partial charge in [0.15, 0.2) is 0 Å². The van der Waals surface area contributed by atoms with E-state index in [4.69, 9.17) is 9.84 Å². The van der Waals surface area contributed by atoms with Crippen LogP contribution in [0.1, 0.15) is 12.8 Å². The van der Waals surface area contributed by atoms with Crippen LogP contribution >= 0.6 is 0 Å². The molecule has 5 heteroatoms. The van der Waals surface area contributed by atoms with Crippen molar-refractivity contribution in [3.05, 3.63) is 0 Å². The summed E-state index contributed by atoms with van der Waals surface area (Å²) >= 11 is 0. The number of rotatable bonds is 3. The van der Waals surface area contributed by atoms with Gasteiger partial charge in [0.2, 0.25) is 5.91 Å². The summed E-state index contributed by atoms with van der Waals surface area (Å²) in [6, 6.07) is -0.0950. The maximum atomic E-state index is 12.1. The number of hydrogen-bond donors (Lipinski definition) is 2. The second kappa shape index (κ2) is 5.12. The molecule has 0 bridgehead atoms. The zero-order valence-corrected chi connectivity index (χ0v) is 9.69. The van der Waals surface area contributed by atoms with E-state index < -0.39 is 0 Å². The van der Waals surface area contributed by atoms with Gasteiger partial charge in [-0.3, -0.25) is 4.79 Å². The number of carbonyl (C=O) groups is 1. The minimum Gasteiger partial charge on any atom is -0.396 e. The van der Waals surface area contributed by atoms with Crippen LogP contribution in [0, 0.1) is 5.92 Å². The van der Waals surface area contributed by atoms with Crippen LogP contribution < -0.4 is 5.32 Å². The molecule has 1 amide bonds. The van der Waals surface area contributed by atoms with Crippen molar-refractivity contribution in [1.29, 1.82) is 0 Å². The van der Waals surface area contributed by atoms with Crippen LogP contribution in [0.5, 0.6) is 0 Å². The van der Waals surface area contributed by atoms with Gasteiger partial charge >= 0.3 is 0 Å². The van der Waals surface area contributed by atoms with Crippen molar-refractivity contribution < 1.29 is 14.6 Å². The molecule has 2 saturated heterocycles. The van der Waals surface area contributed by atoms with Gasteiger partial charge in [-0.05, 0) is 12.8 Å². The molecule has 0 aliphatic carbocycles. The molecule has 0 radical (unpaired) electrons. The van der Waals surface area contributed by atoms with Crippen LogP contribution in [-0.4, -0.2) is 61.4 Å². The largest absolute Gasteiger partial charge is 0.396 e. The van der Waals surface area contributed by atoms with Crippen molar-refractivity contribution >= 4 is 5.91 Å². The smallest absolute Gasteiger partial charge is 0.239 e. The molecule has 0 aromatic carbocycles. The average Bonchev–Trinajstić information content (AvgIpc) is 2.97. The van der Waals surface area contributed by atoms with Crippen molar-refractivity contribution in [3.63, 3.8) is 0 Å². The second-order valence-electron chi connectivity index (χ2n) is 4.68. The van der Waals surface area contributed by atoms with Crippen LogP contribution in [-0.2, 0) is 9.53 Å². The average molecular weight is 228 g/mol. The number of methoxy groups -OCH3 is 1. The fraction of sp³-hybridized carbons (Fsp3) is 0.909. The van der Waals surface area contributed by atoms with Crippen molar-refractivity contribution in [2.75, 3.05) is 33.4 Å². The fourth-order valence-electron chi connectivity index (χ4n) is 2.47. The number of carbonyl (C=O) groups excluding carboxylic acids is 1. The van der Waals surface area contributed by atoms with Gasteiger partial charge in [-0.25, -0.2) is 0 Å². The van der Waals surface area contributed by atoms with Gasteiger partial charge in [-0.2, -0.15) is 0 Å². The number of amides is 1. The predicted octanol–water partition coefficient (Wildman–Crippen LogP) is -0.796. The number of ether oxygens (including phenoxy) is 1. The summed E-state index contributed by atoms with van der Waals surface area (Å²) < 4.78 is 5.22. The molecule has 5 nitrogen and oxygen atoms in total. The zero-order chi connectivity index (χ0) is 11.5. The van der Waals surface area contributed by atoms with Crippen molar-refractivity contribution in [2.45, 2.75) is 25.0 Å². The van der Waals surface area contributed by atoms with Gasteiger partial charge in [0, 0.05) is 39.3 Å². The van der Waals surface area contributed by atoms with Gasteiger partial charge in [0.05, 0.1) is 12.1 Å². The molecule has 2 heterocycles. The lowest BCUT2D eigenvalue weighted by Gasteiger charge is -2.20. The van der Waals surface area contributed by atoms with Crippen molar-refractivity contribution in [2.24, 2.45) is 5.92 Å². The fourth-order valence-corrected chi connectivity index (χ4v) is 2.47. The highest BCUT2D eigenvalue weighted by atomic mass is 16.5. The summed E-state index contributed by atoms with van der Waals surface area (Å²) in [5, 5.41) is 12.2. The summed E-state index contributed by atoms with van der Waals surface area (Å²) in [6.07, 6.45) is 1.84. The van der Waals surface area contributed by atoms with Gasteiger partial charge < -0.3 is 20.1 Å². The van der Waals surface area contributed by atoms with Gasteiger partial charge in [0.25, 0.3) is 0 Å². The molecule has 3 unspecified atom stereocenters. The van der Waals surface area contributed by atoms with Crippen LogP contribution in [0.15, 0.2) is 0 Å². The Balaban J connectivity index is 1.84. The third-order valence-electron chi connectivity index (χ3n) is 3.58. The standard InChI is InChI=1S/C11H20N2O3/c1-16-9-4-10(12-5-9)11(15)13-3-2-8(6-13)7-14/h8-10,12,14H,2-7H2,1H3. The molecule has 2 N–H and O–H groups in total. The summed E-state index contributed by atoms with van der Waals surface area (Å²) in [5.74, 6) is 0.430. The number of aliphatic hydroxyl groups is 1. The third-order valence-corrected chi connectivity index (χ3v) is 3.58. The molecule has 2 fully saturated rings. The number of likely N-dealkylation sites (tertiary alicyclic amines) is 1. The summed E-state index contributed by atoms with van der Waals surface area (Å²) in [6.45, 7) is 2.41. The molecule has 2 aliphatic heterocycles. The Kier molecular flexibility index (Phi) is 3.78. The molecule has 2 aliphatic rings. The first kappa shape index (κ1) is 11.8. The first-order chi connectivity index (χ1) is 7.74. The van der Waals surface area contributed by atoms with E-state index in [2.05, 4.69) is 5.32 Å². The SMILES string of the molecule is COC1CNC(C(=O)N2CCC(CO)C2)C1. The van der Waals surface area contributed by atoms with Crippen LogP contribution in [0.3, 0.4) is 0 Å². The Hall–Kier alpha value is -0.650. The van der Waals surface area contributed by atoms with E-state index in [1.54, 1.807) is 7.11 Å². The molecule has 0 spiro atoms. The highest BCUT2D eigenvalue weighted by molar-refractivity contribution is 5.82. The highest BCUT2D eigenvalue weighted by Crippen LogP contribution is 2.19. The highest BCUT2D eigenvalue weighted by Gasteiger charge is 2.35. The summed E-state index contributed by atoms with van der Waals surface area (Å²) in [7, 11) is 1.68. The normalized spacial score (nSPS) is 34.6. The summed E-state index contributed by atoms with van der Waals surface area (Å²) in [4.78, 5) is 14.0. The van der Waals surface area contributed by atoms with Crippen LogP contribution in [0.25, 0.3) is 0 Å². The Bertz CT molecular complexity index is 236. The Morgan fingerprint density at radius 3 is 3.00 bits per heavy atom. The zero-order valence-electron chi connectivity index (χ0n) is 9.69. The lowest BCUT2D eigenvalue weighted by atomic mass is 10.1. The van der Waals surface area contributed by atoms with E-state index in [9.17, 15) is 4.79 Å². The topological polar surface area (TPSA) is 61.8 Å². The quantitative estimate of drug-likeness (QED) is 0.664. The molecule has 2 rings (SSSR count). The molecule has 92 valence electrons. The minimum absolute atomic E-state index is 0.0950. The maximum Gasteiger partial charge on any atom is 0.239 e. The molecule has 0 aromatic rings. The Morgan fingerprint density at radius 1 is 1.62 bits per heavy atom. The third kappa shape index (κ3) is 2.36. The molecular formula is C11H20N2O3. The maximum absolute atomic E-state index is 12.1. The van der Waals surface area contributed by atoms with Crippen LogP contribution in [0.2, 0.25) is 0 Å². The van der Waals surface area contributed by atoms with E-state index >= 15 is 0 Å². The molecule has 0 saturated carbocycles. The Morgan fingerprint density at radius 2 is 2.44 bits per heavy atom. The lowest BCUT2D eigenvalue weighted by molar-refractivity contribution is -0.132. The second-order valence-corrected chi connectivity index (χ2v) is 4.68. The predicted molar refractivity (Wildman–Crippen MR) is 59.0 cm³/mol. The number of nitrogens with zero attached hydrogens (tertiary/aromatic N) is 1. The first-order valence-corrected chi connectivity index (χ1v) is 5.90. The van der Waals surface area contributed by atoms with Gasteiger partial charge in [-0.15, -0.1) is 0 Å². The van der Waals surface area contributed by atoms with Crippen molar-refractivity contribution in [1.82, 2.24) is 10.2 Å². The van der Waals surface area contributed by atoms with Gasteiger partial charge in [-0.1, -0.05) is 0 Å². The number of aliphatic hydroxyl groups excluding tert-OH is 1. The van der Waals surface area contributed by atoms with E-state index in [1.807, 2.05) is 4.90 Å². The lowest BCUT2D eigenvalue weighted by Crippen LogP contribution is -2.42. The van der Waals surface area contributed by atoms with E-state index in [0.717, 1.165) is 25.9 Å². The molecule has 16 heavy (non-hydrogen) atoms. The molecule has 3 atom stereocenters. The van der Waals surface area contributed by atoms with E-state index in [0.29, 0.717) is 6.54 Å². The van der Waals surface area contributed by atoms with Gasteiger partial charge in [0.1, 0.15) is 0 Å². The number of hydrogen-bond acceptors (Lipinski definition) is 4. The summed E-state index contributed by atoms with van der Waals surface area (Å²) in [5.41, 5.74) is 0. The molecular weight excluding hydrogens is 208 g/mol. The molecule has 0 aromatic heterocycles. The van der Waals surface area contributed by atoms with E-state index in [1.165, 1.54) is 0 Å². The van der Waals surface area contributed by atoms with E-state index in [-0.39, 0.29) is 30.6 Å². The van der Waals surface area contributed by atoms with Crippen molar-refractivity contribution in [3.8, 4) is 0 Å². The van der Waals surface area contributed by atoms with Crippen LogP contribution in [0.4, 0.5) is 0 Å². The Labute approximate surface area is 95.8 Å². The first-order valence-electron chi connectivity index (χ1n) is 5.90.